The van der Waals surface area contributed by atoms with E-state index < -0.39 is 6.10 Å². The predicted octanol–water partition coefficient (Wildman–Crippen LogP) is 4.16. The fraction of sp³-hybridized carbons (Fsp3) is 0.167. The molecule has 1 N–H and O–H groups in total. The normalized spacial score (nSPS) is 12.2. The van der Waals surface area contributed by atoms with Gasteiger partial charge < -0.3 is 9.67 Å². The number of rotatable bonds is 6. The summed E-state index contributed by atoms with van der Waals surface area (Å²) >= 11 is 1.73. The summed E-state index contributed by atoms with van der Waals surface area (Å²) < 4.78 is 1.98. The zero-order valence-corrected chi connectivity index (χ0v) is 13.0. The summed E-state index contributed by atoms with van der Waals surface area (Å²) in [5.41, 5.74) is 0.956. The molecule has 112 valence electrons. The highest BCUT2D eigenvalue weighted by Crippen LogP contribution is 2.28. The lowest BCUT2D eigenvalue weighted by atomic mass is 10.1. The molecule has 0 radical (unpaired) electrons. The highest BCUT2D eigenvalue weighted by molar-refractivity contribution is 7.99. The summed E-state index contributed by atoms with van der Waals surface area (Å²) in [6.45, 7) is 0.766. The molecule has 0 amide bonds. The molecule has 1 aromatic heterocycles. The largest absolute Gasteiger partial charge is 0.388 e. The van der Waals surface area contributed by atoms with E-state index in [1.165, 1.54) is 9.79 Å². The molecule has 3 aromatic rings. The van der Waals surface area contributed by atoms with Gasteiger partial charge in [-0.3, -0.25) is 0 Å². The average molecular weight is 310 g/mol. The molecule has 0 fully saturated rings. The topological polar surface area (TPSA) is 38.0 Å². The molecule has 3 rings (SSSR count). The van der Waals surface area contributed by atoms with Crippen LogP contribution in [0.15, 0.2) is 83.1 Å². The van der Waals surface area contributed by atoms with Crippen LogP contribution in [0.5, 0.6) is 0 Å². The molecule has 0 saturated carbocycles. The molecule has 0 aliphatic heterocycles. The maximum Gasteiger partial charge on any atom is 0.0945 e. The van der Waals surface area contributed by atoms with E-state index in [4.69, 9.17) is 0 Å². The van der Waals surface area contributed by atoms with Crippen LogP contribution in [0.1, 0.15) is 18.1 Å². The minimum atomic E-state index is -0.446. The summed E-state index contributed by atoms with van der Waals surface area (Å²) in [6.07, 6.45) is 5.67. The smallest absolute Gasteiger partial charge is 0.0945 e. The van der Waals surface area contributed by atoms with Crippen molar-refractivity contribution in [3.63, 3.8) is 0 Å². The number of benzene rings is 2. The fourth-order valence-corrected chi connectivity index (χ4v) is 3.08. The quantitative estimate of drug-likeness (QED) is 0.743. The lowest BCUT2D eigenvalue weighted by molar-refractivity contribution is 0.161. The maximum atomic E-state index is 10.3. The summed E-state index contributed by atoms with van der Waals surface area (Å²) in [5.74, 6) is 0. The Morgan fingerprint density at radius 1 is 1.00 bits per heavy atom. The van der Waals surface area contributed by atoms with Gasteiger partial charge in [0.25, 0.3) is 0 Å². The van der Waals surface area contributed by atoms with E-state index in [0.29, 0.717) is 6.42 Å². The molecule has 0 aliphatic rings. The van der Waals surface area contributed by atoms with Crippen molar-refractivity contribution in [2.45, 2.75) is 28.9 Å². The second kappa shape index (κ2) is 7.29. The van der Waals surface area contributed by atoms with E-state index in [-0.39, 0.29) is 0 Å². The van der Waals surface area contributed by atoms with Gasteiger partial charge in [0, 0.05) is 28.7 Å². The van der Waals surface area contributed by atoms with Crippen LogP contribution in [0.2, 0.25) is 0 Å². The standard InChI is InChI=1S/C18H18N2OS/c21-18(10-12-20-13-11-19-14-20)15-6-8-17(9-7-15)22-16-4-2-1-3-5-16/h1-9,11,13-14,18,21H,10,12H2. The van der Waals surface area contributed by atoms with Crippen LogP contribution in [-0.2, 0) is 6.54 Å². The lowest BCUT2D eigenvalue weighted by Gasteiger charge is -2.12. The van der Waals surface area contributed by atoms with E-state index in [0.717, 1.165) is 12.1 Å². The van der Waals surface area contributed by atoms with Gasteiger partial charge in [0.05, 0.1) is 12.4 Å². The van der Waals surface area contributed by atoms with Crippen LogP contribution in [0, 0.1) is 0 Å². The predicted molar refractivity (Wildman–Crippen MR) is 88.8 cm³/mol. The van der Waals surface area contributed by atoms with Crippen molar-refractivity contribution in [1.29, 1.82) is 0 Å². The molecule has 0 aliphatic carbocycles. The van der Waals surface area contributed by atoms with Crippen molar-refractivity contribution in [2.24, 2.45) is 0 Å². The van der Waals surface area contributed by atoms with Gasteiger partial charge in [-0.2, -0.15) is 0 Å². The number of imidazole rings is 1. The Hall–Kier alpha value is -2.04. The fourth-order valence-electron chi connectivity index (χ4n) is 2.24. The summed E-state index contributed by atoms with van der Waals surface area (Å²) in [6, 6.07) is 18.4. The van der Waals surface area contributed by atoms with Gasteiger partial charge >= 0.3 is 0 Å². The number of aromatic nitrogens is 2. The highest BCUT2D eigenvalue weighted by atomic mass is 32.2. The van der Waals surface area contributed by atoms with Crippen LogP contribution in [-0.4, -0.2) is 14.7 Å². The third-order valence-corrected chi connectivity index (χ3v) is 4.48. The van der Waals surface area contributed by atoms with Gasteiger partial charge in [0.1, 0.15) is 0 Å². The number of hydrogen-bond acceptors (Lipinski definition) is 3. The summed E-state index contributed by atoms with van der Waals surface area (Å²) in [5, 5.41) is 10.3. The number of hydrogen-bond donors (Lipinski definition) is 1. The molecule has 1 heterocycles. The number of aryl methyl sites for hydroxylation is 1. The first-order valence-corrected chi connectivity index (χ1v) is 8.09. The van der Waals surface area contributed by atoms with Crippen molar-refractivity contribution in [1.82, 2.24) is 9.55 Å². The molecule has 3 nitrogen and oxygen atoms in total. The Balaban J connectivity index is 1.58. The monoisotopic (exact) mass is 310 g/mol. The van der Waals surface area contributed by atoms with E-state index in [1.807, 2.05) is 41.1 Å². The number of aliphatic hydroxyl groups is 1. The maximum absolute atomic E-state index is 10.3. The number of aliphatic hydroxyl groups excluding tert-OH is 1. The Morgan fingerprint density at radius 2 is 1.73 bits per heavy atom. The summed E-state index contributed by atoms with van der Waals surface area (Å²) in [7, 11) is 0. The first-order chi connectivity index (χ1) is 10.8. The van der Waals surface area contributed by atoms with Gasteiger partial charge in [0.15, 0.2) is 0 Å². The Labute approximate surface area is 134 Å². The molecule has 1 unspecified atom stereocenters. The Kier molecular flexibility index (Phi) is 4.93. The van der Waals surface area contributed by atoms with Gasteiger partial charge in [-0.25, -0.2) is 4.98 Å². The average Bonchev–Trinajstić information content (AvgIpc) is 3.08. The second-order valence-corrected chi connectivity index (χ2v) is 6.24. The Morgan fingerprint density at radius 3 is 2.41 bits per heavy atom. The van der Waals surface area contributed by atoms with Gasteiger partial charge in [-0.05, 0) is 36.2 Å². The molecular formula is C18H18N2OS. The minimum Gasteiger partial charge on any atom is -0.388 e. The molecule has 0 spiro atoms. The lowest BCUT2D eigenvalue weighted by Crippen LogP contribution is -2.03. The van der Waals surface area contributed by atoms with Crippen molar-refractivity contribution in [3.8, 4) is 0 Å². The van der Waals surface area contributed by atoms with Crippen molar-refractivity contribution >= 4 is 11.8 Å². The second-order valence-electron chi connectivity index (χ2n) is 5.09. The van der Waals surface area contributed by atoms with Crippen LogP contribution in [0.25, 0.3) is 0 Å². The van der Waals surface area contributed by atoms with Crippen molar-refractivity contribution in [2.75, 3.05) is 0 Å². The Bertz CT molecular complexity index is 681. The zero-order chi connectivity index (χ0) is 15.2. The van der Waals surface area contributed by atoms with Gasteiger partial charge in [-0.1, -0.05) is 42.1 Å². The molecule has 0 bridgehead atoms. The summed E-state index contributed by atoms with van der Waals surface area (Å²) in [4.78, 5) is 6.40. The SMILES string of the molecule is OC(CCn1ccnc1)c1ccc(Sc2ccccc2)cc1. The third kappa shape index (κ3) is 4.00. The van der Waals surface area contributed by atoms with Gasteiger partial charge in [0.2, 0.25) is 0 Å². The van der Waals surface area contributed by atoms with Gasteiger partial charge in [-0.15, -0.1) is 0 Å². The molecule has 0 saturated heterocycles. The van der Waals surface area contributed by atoms with E-state index >= 15 is 0 Å². The van der Waals surface area contributed by atoms with E-state index in [2.05, 4.69) is 29.2 Å². The molecular weight excluding hydrogens is 292 g/mol. The van der Waals surface area contributed by atoms with E-state index in [9.17, 15) is 5.11 Å². The van der Waals surface area contributed by atoms with E-state index in [1.54, 1.807) is 24.3 Å². The molecule has 2 aromatic carbocycles. The minimum absolute atomic E-state index is 0.446. The highest BCUT2D eigenvalue weighted by Gasteiger charge is 2.08. The van der Waals surface area contributed by atoms with Crippen LogP contribution in [0.4, 0.5) is 0 Å². The van der Waals surface area contributed by atoms with Crippen molar-refractivity contribution < 1.29 is 5.11 Å². The van der Waals surface area contributed by atoms with Crippen LogP contribution in [0.3, 0.4) is 0 Å². The molecule has 4 heteroatoms. The molecule has 1 atom stereocenters. The van der Waals surface area contributed by atoms with Crippen LogP contribution < -0.4 is 0 Å². The number of nitrogens with zero attached hydrogens (tertiary/aromatic N) is 2. The first kappa shape index (κ1) is 14.9. The van der Waals surface area contributed by atoms with Crippen LogP contribution >= 0.6 is 11.8 Å². The molecule has 22 heavy (non-hydrogen) atoms. The third-order valence-electron chi connectivity index (χ3n) is 3.46. The first-order valence-electron chi connectivity index (χ1n) is 7.28. The van der Waals surface area contributed by atoms with Crippen molar-refractivity contribution in [3.05, 3.63) is 78.9 Å². The zero-order valence-electron chi connectivity index (χ0n) is 12.2.